The van der Waals surface area contributed by atoms with E-state index in [9.17, 15) is 0 Å². The molecule has 1 aliphatic rings. The van der Waals surface area contributed by atoms with Crippen LogP contribution in [0.4, 0.5) is 0 Å². The Hall–Kier alpha value is -0.910. The number of aryl methyl sites for hydroxylation is 1. The molecule has 1 aromatic heterocycles. The highest BCUT2D eigenvalue weighted by molar-refractivity contribution is 5.14. The first-order valence-corrected chi connectivity index (χ1v) is 6.84. The zero-order chi connectivity index (χ0) is 13.2. The summed E-state index contributed by atoms with van der Waals surface area (Å²) in [5.74, 6) is 5.82. The normalized spacial score (nSPS) is 19.3. The van der Waals surface area contributed by atoms with Gasteiger partial charge < -0.3 is 0 Å². The van der Waals surface area contributed by atoms with Crippen LogP contribution in [0, 0.1) is 0 Å². The molecule has 1 atom stereocenters. The van der Waals surface area contributed by atoms with Crippen LogP contribution in [0.1, 0.15) is 45.3 Å². The average Bonchev–Trinajstić information content (AvgIpc) is 3.00. The Labute approximate surface area is 109 Å². The third kappa shape index (κ3) is 2.30. The predicted molar refractivity (Wildman–Crippen MR) is 72.9 cm³/mol. The first-order valence-electron chi connectivity index (χ1n) is 6.84. The molecule has 1 unspecified atom stereocenters. The van der Waals surface area contributed by atoms with E-state index < -0.39 is 0 Å². The van der Waals surface area contributed by atoms with Crippen molar-refractivity contribution in [2.24, 2.45) is 5.84 Å². The van der Waals surface area contributed by atoms with Gasteiger partial charge in [0.25, 0.3) is 0 Å². The summed E-state index contributed by atoms with van der Waals surface area (Å²) in [5.41, 5.74) is 4.16. The van der Waals surface area contributed by atoms with Gasteiger partial charge in [0.2, 0.25) is 0 Å². The molecule has 102 valence electrons. The molecule has 0 radical (unpaired) electrons. The first-order chi connectivity index (χ1) is 8.61. The number of nitrogens with two attached hydrogens (primary N) is 1. The molecule has 0 amide bonds. The lowest BCUT2D eigenvalue weighted by Gasteiger charge is -2.41. The van der Waals surface area contributed by atoms with Crippen LogP contribution in [-0.2, 0) is 6.54 Å². The largest absolute Gasteiger partial charge is 0.296 e. The van der Waals surface area contributed by atoms with Gasteiger partial charge in [-0.3, -0.25) is 15.4 Å². The molecule has 0 aliphatic carbocycles. The lowest BCUT2D eigenvalue weighted by molar-refractivity contribution is 0.103. The predicted octanol–water partition coefficient (Wildman–Crippen LogP) is 1.28. The minimum atomic E-state index is -0.00178. The Kier molecular flexibility index (Phi) is 4.04. The lowest BCUT2D eigenvalue weighted by atomic mass is 9.90. The quantitative estimate of drug-likeness (QED) is 0.611. The Balaban J connectivity index is 2.26. The van der Waals surface area contributed by atoms with E-state index in [4.69, 9.17) is 5.84 Å². The van der Waals surface area contributed by atoms with Crippen molar-refractivity contribution in [3.8, 4) is 0 Å². The molecule has 0 aromatic carbocycles. The zero-order valence-electron chi connectivity index (χ0n) is 11.7. The second-order valence-electron chi connectivity index (χ2n) is 5.52. The van der Waals surface area contributed by atoms with E-state index in [2.05, 4.69) is 42.3 Å². The number of rotatable bonds is 5. The Bertz CT molecular complexity index is 378. The van der Waals surface area contributed by atoms with E-state index in [-0.39, 0.29) is 11.6 Å². The molecule has 0 saturated carbocycles. The summed E-state index contributed by atoms with van der Waals surface area (Å²) in [6.45, 7) is 9.81. The molecule has 5 heteroatoms. The van der Waals surface area contributed by atoms with Crippen LogP contribution in [-0.4, -0.2) is 33.3 Å². The molecular weight excluding hydrogens is 226 g/mol. The first kappa shape index (κ1) is 13.5. The van der Waals surface area contributed by atoms with Crippen LogP contribution in [0.2, 0.25) is 0 Å². The summed E-state index contributed by atoms with van der Waals surface area (Å²) >= 11 is 0. The molecule has 0 bridgehead atoms. The number of nitrogens with zero attached hydrogens (tertiary/aromatic N) is 3. The molecule has 1 saturated heterocycles. The van der Waals surface area contributed by atoms with E-state index in [0.29, 0.717) is 0 Å². The van der Waals surface area contributed by atoms with E-state index in [1.54, 1.807) is 0 Å². The third-order valence-corrected chi connectivity index (χ3v) is 4.14. The number of hydrazine groups is 1. The Morgan fingerprint density at radius 1 is 1.44 bits per heavy atom. The van der Waals surface area contributed by atoms with Crippen molar-refractivity contribution in [1.29, 1.82) is 0 Å². The summed E-state index contributed by atoms with van der Waals surface area (Å²) in [6.07, 6.45) is 4.42. The smallest absolute Gasteiger partial charge is 0.0807 e. The molecular formula is C13H25N5. The minimum Gasteiger partial charge on any atom is -0.296 e. The van der Waals surface area contributed by atoms with Crippen LogP contribution in [0.15, 0.2) is 12.3 Å². The third-order valence-electron chi connectivity index (χ3n) is 4.14. The highest BCUT2D eigenvalue weighted by atomic mass is 15.3. The van der Waals surface area contributed by atoms with Gasteiger partial charge in [-0.05, 0) is 52.8 Å². The molecule has 18 heavy (non-hydrogen) atoms. The summed E-state index contributed by atoms with van der Waals surface area (Å²) in [5, 5.41) is 4.35. The van der Waals surface area contributed by atoms with Gasteiger partial charge in [-0.1, -0.05) is 0 Å². The highest BCUT2D eigenvalue weighted by Crippen LogP contribution is 2.32. The summed E-state index contributed by atoms with van der Waals surface area (Å²) < 4.78 is 2.02. The molecule has 1 fully saturated rings. The highest BCUT2D eigenvalue weighted by Gasteiger charge is 2.38. The second-order valence-corrected chi connectivity index (χ2v) is 5.52. The molecule has 1 aliphatic heterocycles. The van der Waals surface area contributed by atoms with Gasteiger partial charge in [-0.25, -0.2) is 5.43 Å². The van der Waals surface area contributed by atoms with Crippen LogP contribution < -0.4 is 11.3 Å². The van der Waals surface area contributed by atoms with Gasteiger partial charge >= 0.3 is 0 Å². The fraction of sp³-hybridized carbons (Fsp3) is 0.769. The van der Waals surface area contributed by atoms with Crippen LogP contribution in [0.3, 0.4) is 0 Å². The van der Waals surface area contributed by atoms with Crippen LogP contribution in [0.5, 0.6) is 0 Å². The van der Waals surface area contributed by atoms with E-state index >= 15 is 0 Å². The van der Waals surface area contributed by atoms with Crippen molar-refractivity contribution in [3.05, 3.63) is 18.0 Å². The summed E-state index contributed by atoms with van der Waals surface area (Å²) in [4.78, 5) is 2.52. The van der Waals surface area contributed by atoms with Gasteiger partial charge in [-0.2, -0.15) is 5.10 Å². The molecule has 5 nitrogen and oxygen atoms in total. The Morgan fingerprint density at radius 3 is 2.67 bits per heavy atom. The zero-order valence-corrected chi connectivity index (χ0v) is 11.7. The minimum absolute atomic E-state index is 0.00178. The number of hydrogen-bond acceptors (Lipinski definition) is 4. The van der Waals surface area contributed by atoms with Crippen molar-refractivity contribution in [1.82, 2.24) is 20.1 Å². The molecule has 1 aromatic rings. The molecule has 3 N–H and O–H groups in total. The number of likely N-dealkylation sites (tertiary alicyclic amines) is 1. The van der Waals surface area contributed by atoms with Crippen LogP contribution >= 0.6 is 0 Å². The number of hydrogen-bond donors (Lipinski definition) is 2. The second kappa shape index (κ2) is 5.38. The fourth-order valence-electron chi connectivity index (χ4n) is 2.98. The van der Waals surface area contributed by atoms with Gasteiger partial charge in [0.05, 0.1) is 11.7 Å². The van der Waals surface area contributed by atoms with Crippen molar-refractivity contribution < 1.29 is 0 Å². The summed E-state index contributed by atoms with van der Waals surface area (Å²) in [6, 6.07) is 2.16. The van der Waals surface area contributed by atoms with Crippen molar-refractivity contribution in [2.75, 3.05) is 13.1 Å². The van der Waals surface area contributed by atoms with Gasteiger partial charge in [-0.15, -0.1) is 0 Å². The monoisotopic (exact) mass is 251 g/mol. The Morgan fingerprint density at radius 2 is 2.11 bits per heavy atom. The van der Waals surface area contributed by atoms with Gasteiger partial charge in [0.15, 0.2) is 0 Å². The maximum Gasteiger partial charge on any atom is 0.0807 e. The maximum absolute atomic E-state index is 5.82. The molecule has 2 rings (SSSR count). The molecule has 2 heterocycles. The maximum atomic E-state index is 5.82. The van der Waals surface area contributed by atoms with E-state index in [0.717, 1.165) is 25.3 Å². The van der Waals surface area contributed by atoms with Gasteiger partial charge in [0.1, 0.15) is 0 Å². The topological polar surface area (TPSA) is 59.1 Å². The lowest BCUT2D eigenvalue weighted by Crippen LogP contribution is -2.53. The number of aromatic nitrogens is 2. The van der Waals surface area contributed by atoms with Crippen molar-refractivity contribution in [2.45, 2.75) is 51.7 Å². The van der Waals surface area contributed by atoms with Gasteiger partial charge in [0, 0.05) is 18.3 Å². The standard InChI is InChI=1S/C13H25N5/c1-4-18-11(7-8-15-18)12(16-14)13(2,3)17-9-5-6-10-17/h7-8,12,16H,4-6,9-10,14H2,1-3H3. The average molecular weight is 251 g/mol. The summed E-state index contributed by atoms with van der Waals surface area (Å²) in [7, 11) is 0. The van der Waals surface area contributed by atoms with E-state index in [1.807, 2.05) is 10.9 Å². The van der Waals surface area contributed by atoms with E-state index in [1.165, 1.54) is 12.8 Å². The SMILES string of the molecule is CCn1nccc1C(NN)C(C)(C)N1CCCC1. The van der Waals surface area contributed by atoms with Crippen LogP contribution in [0.25, 0.3) is 0 Å². The number of nitrogens with one attached hydrogen (secondary N) is 1. The van der Waals surface area contributed by atoms with Crippen molar-refractivity contribution in [3.63, 3.8) is 0 Å². The van der Waals surface area contributed by atoms with Crippen molar-refractivity contribution >= 4 is 0 Å². The fourth-order valence-corrected chi connectivity index (χ4v) is 2.98. The molecule has 0 spiro atoms.